The SMILES string of the molecule is Cl.FC(F)(F)c1ccccc1Br.FC(F)(F)c1ccccc1C1=CCN(Cc2ccccc2)CC1.FC(F)(F)c1ccccc1C1CCNCC1.FC(F)(F)c1ccccc1C1CCNCC1.O=C1CCN(Cc2ccccc2)CC1.O=S(Cl)Cl.OC1(c2ccccc2C(F)(F)F)CCN(Cc2ccccc2)CC1. The van der Waals surface area contributed by atoms with Gasteiger partial charge in [-0.05, 0) is 164 Å². The van der Waals surface area contributed by atoms with Gasteiger partial charge in [0.25, 0.3) is 0 Å². The van der Waals surface area contributed by atoms with Gasteiger partial charge in [-0.3, -0.25) is 19.5 Å². The average molecular weight is 1680 g/mol. The highest BCUT2D eigenvalue weighted by Crippen LogP contribution is 2.44. The van der Waals surface area contributed by atoms with Gasteiger partial charge in [-0.1, -0.05) is 198 Å². The van der Waals surface area contributed by atoms with Gasteiger partial charge in [-0.15, -0.1) is 12.4 Å². The van der Waals surface area contributed by atoms with Crippen LogP contribution in [0.5, 0.6) is 0 Å². The topological polar surface area (TPSA) is 88.2 Å². The van der Waals surface area contributed by atoms with Crippen molar-refractivity contribution in [2.75, 3.05) is 65.4 Å². The number of carbonyl (C=O) groups is 1. The fourth-order valence-corrected chi connectivity index (χ4v) is 13.8. The lowest BCUT2D eigenvalue weighted by Gasteiger charge is -2.39. The number of aliphatic hydroxyl groups is 1. The molecule has 5 aliphatic rings. The lowest BCUT2D eigenvalue weighted by atomic mass is 9.81. The van der Waals surface area contributed by atoms with Crippen molar-refractivity contribution in [2.24, 2.45) is 0 Å². The number of hydrogen-bond acceptors (Lipinski definition) is 8. The van der Waals surface area contributed by atoms with Gasteiger partial charge in [0.15, 0.2) is 0 Å². The molecule has 0 radical (unpaired) electrons. The molecule has 109 heavy (non-hydrogen) atoms. The summed E-state index contributed by atoms with van der Waals surface area (Å²) < 4.78 is 201. The van der Waals surface area contributed by atoms with E-state index in [4.69, 9.17) is 4.21 Å². The van der Waals surface area contributed by atoms with Crippen LogP contribution in [0.1, 0.15) is 136 Å². The first kappa shape index (κ1) is 91.3. The third-order valence-corrected chi connectivity index (χ3v) is 19.4. The van der Waals surface area contributed by atoms with E-state index in [1.165, 1.54) is 71.3 Å². The molecule has 0 atom stereocenters. The van der Waals surface area contributed by atoms with E-state index in [1.807, 2.05) is 60.7 Å². The fraction of sp³-hybridized carbons (Fsp3) is 0.370. The van der Waals surface area contributed by atoms with Gasteiger partial charge >= 0.3 is 30.9 Å². The molecular weight excluding hydrogens is 1590 g/mol. The second kappa shape index (κ2) is 44.0. The van der Waals surface area contributed by atoms with Crippen molar-refractivity contribution < 1.29 is 80.0 Å². The zero-order valence-electron chi connectivity index (χ0n) is 59.2. The van der Waals surface area contributed by atoms with E-state index in [0.717, 1.165) is 128 Å². The lowest BCUT2D eigenvalue weighted by Crippen LogP contribution is -2.43. The molecule has 0 saturated carbocycles. The van der Waals surface area contributed by atoms with Gasteiger partial charge in [-0.2, -0.15) is 65.9 Å². The minimum Gasteiger partial charge on any atom is -0.385 e. The van der Waals surface area contributed by atoms with Crippen LogP contribution >= 0.6 is 49.7 Å². The molecule has 5 heterocycles. The second-order valence-electron chi connectivity index (χ2n) is 26.3. The number of likely N-dealkylation sites (tertiary alicyclic amines) is 2. The van der Waals surface area contributed by atoms with Gasteiger partial charge in [0.1, 0.15) is 5.78 Å². The number of Topliss-reactive ketones (excluding diaryl/α,β-unsaturated/α-hetero) is 1. The summed E-state index contributed by atoms with van der Waals surface area (Å²) in [6, 6.07) is 58.8. The first-order valence-corrected chi connectivity index (χ1v) is 38.6. The molecular formula is C81H86BrCl3F15N5O3S. The maximum absolute atomic E-state index is 13.2. The third-order valence-electron chi connectivity index (χ3n) is 18.7. The van der Waals surface area contributed by atoms with E-state index in [1.54, 1.807) is 48.5 Å². The third kappa shape index (κ3) is 30.8. The van der Waals surface area contributed by atoms with Crippen molar-refractivity contribution in [1.82, 2.24) is 25.3 Å². The summed E-state index contributed by atoms with van der Waals surface area (Å²) in [4.78, 5) is 17.8. The van der Waals surface area contributed by atoms with Gasteiger partial charge in [0.05, 0.1) is 33.4 Å². The number of benzene rings is 8. The molecule has 0 aliphatic carbocycles. The van der Waals surface area contributed by atoms with Crippen molar-refractivity contribution in [2.45, 2.75) is 126 Å². The van der Waals surface area contributed by atoms with Crippen LogP contribution in [0.4, 0.5) is 65.9 Å². The number of ketones is 1. The van der Waals surface area contributed by atoms with Crippen molar-refractivity contribution in [3.05, 3.63) is 290 Å². The predicted molar refractivity (Wildman–Crippen MR) is 407 cm³/mol. The van der Waals surface area contributed by atoms with Crippen LogP contribution < -0.4 is 10.6 Å². The summed E-state index contributed by atoms with van der Waals surface area (Å²) in [5.74, 6) is 0.493. The quantitative estimate of drug-likeness (QED) is 0.0922. The monoisotopic (exact) mass is 1680 g/mol. The van der Waals surface area contributed by atoms with Crippen LogP contribution in [0.15, 0.2) is 223 Å². The summed E-state index contributed by atoms with van der Waals surface area (Å²) >= 11 is 2.81. The Hall–Kier alpha value is -6.62. The molecule has 592 valence electrons. The molecule has 4 fully saturated rings. The van der Waals surface area contributed by atoms with Crippen LogP contribution in [-0.4, -0.2) is 95.2 Å². The van der Waals surface area contributed by atoms with Gasteiger partial charge < -0.3 is 15.7 Å². The average Bonchev–Trinajstić information content (AvgIpc) is 0.773. The van der Waals surface area contributed by atoms with Gasteiger partial charge in [-0.25, -0.2) is 4.21 Å². The molecule has 0 spiro atoms. The highest BCUT2D eigenvalue weighted by Gasteiger charge is 2.43. The van der Waals surface area contributed by atoms with Crippen molar-refractivity contribution in [3.8, 4) is 0 Å². The van der Waals surface area contributed by atoms with Crippen LogP contribution in [0.2, 0.25) is 0 Å². The number of hydrogen-bond donors (Lipinski definition) is 3. The molecule has 0 aromatic heterocycles. The Balaban J connectivity index is 0.000000205. The molecule has 0 bridgehead atoms. The molecule has 3 N–H and O–H groups in total. The lowest BCUT2D eigenvalue weighted by molar-refractivity contribution is -0.142. The number of rotatable bonds is 10. The predicted octanol–water partition coefficient (Wildman–Crippen LogP) is 22.3. The van der Waals surface area contributed by atoms with Gasteiger partial charge in [0, 0.05) is 97.6 Å². The number of carbonyl (C=O) groups excluding carboxylic acids is 1. The number of nitrogens with zero attached hydrogens (tertiary/aromatic N) is 3. The molecule has 8 aromatic rings. The molecule has 28 heteroatoms. The molecule has 8 nitrogen and oxygen atoms in total. The van der Waals surface area contributed by atoms with E-state index in [9.17, 15) is 75.8 Å². The van der Waals surface area contributed by atoms with Crippen LogP contribution in [0.3, 0.4) is 0 Å². The van der Waals surface area contributed by atoms with E-state index in [-0.39, 0.29) is 34.3 Å². The van der Waals surface area contributed by atoms with Gasteiger partial charge in [0.2, 0.25) is 9.23 Å². The summed E-state index contributed by atoms with van der Waals surface area (Å²) in [6.45, 7) is 10.2. The minimum absolute atomic E-state index is 0. The zero-order valence-corrected chi connectivity index (χ0v) is 64.0. The Labute approximate surface area is 652 Å². The van der Waals surface area contributed by atoms with E-state index < -0.39 is 73.5 Å². The molecule has 8 aromatic carbocycles. The minimum atomic E-state index is -4.45. The summed E-state index contributed by atoms with van der Waals surface area (Å²) in [5.41, 5.74) is 1.47. The normalized spacial score (nSPS) is 16.8. The largest absolute Gasteiger partial charge is 0.417 e. The highest BCUT2D eigenvalue weighted by molar-refractivity contribution is 9.10. The van der Waals surface area contributed by atoms with Crippen LogP contribution in [0, 0.1) is 0 Å². The Bertz CT molecular complexity index is 3980. The fourth-order valence-electron chi connectivity index (χ4n) is 13.3. The second-order valence-corrected chi connectivity index (χ2v) is 29.6. The maximum Gasteiger partial charge on any atom is 0.417 e. The maximum atomic E-state index is 13.2. The first-order chi connectivity index (χ1) is 51.2. The van der Waals surface area contributed by atoms with Crippen LogP contribution in [0.25, 0.3) is 5.57 Å². The summed E-state index contributed by atoms with van der Waals surface area (Å²) in [7, 11) is 7.36. The van der Waals surface area contributed by atoms with Crippen molar-refractivity contribution >= 4 is 70.3 Å². The van der Waals surface area contributed by atoms with E-state index in [2.05, 4.69) is 99.0 Å². The Morgan fingerprint density at radius 1 is 0.422 bits per heavy atom. The van der Waals surface area contributed by atoms with E-state index >= 15 is 0 Å². The Morgan fingerprint density at radius 2 is 0.743 bits per heavy atom. The Kier molecular flexibility index (Phi) is 36.8. The Morgan fingerprint density at radius 3 is 1.12 bits per heavy atom. The van der Waals surface area contributed by atoms with Crippen molar-refractivity contribution in [3.63, 3.8) is 0 Å². The number of nitrogens with one attached hydrogen (secondary N) is 2. The highest BCUT2D eigenvalue weighted by atomic mass is 79.9. The summed E-state index contributed by atoms with van der Waals surface area (Å²) in [5, 5.41) is 17.2. The number of alkyl halides is 15. The first-order valence-electron chi connectivity index (χ1n) is 35.0. The smallest absolute Gasteiger partial charge is 0.385 e. The molecule has 4 saturated heterocycles. The standard InChI is InChI=1S/C19H20F3NO.C19H18F3N.2C12H14F3N.C12H15NO.C7H4BrF3.Cl2OS.ClH/c20-19(21,22)17-9-5-4-8-16(17)18(24)10-12-23(13-11-18)14-15-6-2-1-3-7-15;20-19(21,22)18-9-5-4-8-17(18)16-10-12-23(13-11-16)14-15-6-2-1-3-7-15;2*13-12(14,15)11-4-2-1-3-10(11)9-5-7-16-8-6-9;14-12-6-8-13(9-7-12)10-11-4-2-1-3-5-11;8-6-4-2-1-3-5(6)7(9,10)11;1-4(2)3;/h1-9,24H,10-14H2;1-10H,11-14H2;2*1-4,9,16H,5-8H2;1-5H,6-10H2;1-4H;;1H. The molecule has 0 amide bonds. The molecule has 0 unspecified atom stereocenters. The molecule has 5 aliphatic heterocycles. The summed E-state index contributed by atoms with van der Waals surface area (Å²) in [6.07, 6.45) is -13.7. The number of piperidine rings is 4. The zero-order chi connectivity index (χ0) is 78.6. The number of halogens is 19. The van der Waals surface area contributed by atoms with E-state index in [0.29, 0.717) is 61.4 Å². The molecule has 13 rings (SSSR count). The van der Waals surface area contributed by atoms with Crippen molar-refractivity contribution in [1.29, 1.82) is 0 Å². The van der Waals surface area contributed by atoms with Crippen LogP contribution in [-0.2, 0) is 70.1 Å².